The van der Waals surface area contributed by atoms with Crippen LogP contribution in [0, 0.1) is 0 Å². The number of hydrogen-bond donors (Lipinski definition) is 0. The number of aliphatic imine (C=N–C) groups is 1. The predicted molar refractivity (Wildman–Crippen MR) is 56.3 cm³/mol. The number of carbonyl (C=O) groups excluding carboxylic acids is 1. The number of nitrogens with zero attached hydrogens (tertiary/aromatic N) is 2. The Balaban J connectivity index is 1.80. The number of fused-ring (bicyclic) bond motifs is 2. The molecule has 0 aromatic carbocycles. The number of amides is 1. The number of rotatable bonds is 0. The van der Waals surface area contributed by atoms with Gasteiger partial charge in [-0.05, 0) is 6.42 Å². The van der Waals surface area contributed by atoms with Crippen molar-refractivity contribution in [2.75, 3.05) is 18.1 Å². The number of amidine groups is 1. The zero-order valence-electron chi connectivity index (χ0n) is 7.10. The summed E-state index contributed by atoms with van der Waals surface area (Å²) in [6.45, 7) is 1.11. The van der Waals surface area contributed by atoms with Crippen molar-refractivity contribution in [2.45, 2.75) is 17.7 Å². The van der Waals surface area contributed by atoms with E-state index in [0.29, 0.717) is 11.8 Å². The van der Waals surface area contributed by atoms with E-state index in [4.69, 9.17) is 0 Å². The van der Waals surface area contributed by atoms with Crippen LogP contribution in [0.4, 0.5) is 0 Å². The average Bonchev–Trinajstić information content (AvgIpc) is 2.77. The first-order valence-electron chi connectivity index (χ1n) is 4.45. The molecule has 70 valence electrons. The molecule has 2 fully saturated rings. The van der Waals surface area contributed by atoms with Gasteiger partial charge in [-0.3, -0.25) is 4.79 Å². The lowest BCUT2D eigenvalue weighted by Gasteiger charge is -2.27. The summed E-state index contributed by atoms with van der Waals surface area (Å²) >= 11 is 3.67. The Hall–Kier alpha value is -0.160. The van der Waals surface area contributed by atoms with E-state index < -0.39 is 0 Å². The molecule has 3 aliphatic rings. The second-order valence-corrected chi connectivity index (χ2v) is 5.85. The summed E-state index contributed by atoms with van der Waals surface area (Å²) < 4.78 is 0. The maximum absolute atomic E-state index is 11.0. The summed E-state index contributed by atoms with van der Waals surface area (Å²) in [5, 5.41) is 1.78. The molecule has 2 bridgehead atoms. The molecule has 0 radical (unpaired) electrons. The molecule has 2 saturated heterocycles. The van der Waals surface area contributed by atoms with Crippen LogP contribution >= 0.6 is 23.5 Å². The van der Waals surface area contributed by atoms with Crippen molar-refractivity contribution < 1.29 is 4.79 Å². The zero-order valence-corrected chi connectivity index (χ0v) is 8.74. The van der Waals surface area contributed by atoms with Crippen LogP contribution < -0.4 is 0 Å². The van der Waals surface area contributed by atoms with Crippen LogP contribution in [0.1, 0.15) is 6.42 Å². The van der Waals surface area contributed by atoms with Crippen LogP contribution in [-0.4, -0.2) is 45.3 Å². The zero-order chi connectivity index (χ0) is 8.84. The Morgan fingerprint density at radius 2 is 2.46 bits per heavy atom. The molecular weight excluding hydrogens is 204 g/mol. The average molecular weight is 214 g/mol. The van der Waals surface area contributed by atoms with Gasteiger partial charge in [0.25, 0.3) is 5.91 Å². The maximum Gasteiger partial charge on any atom is 0.258 e. The van der Waals surface area contributed by atoms with Crippen molar-refractivity contribution in [2.24, 2.45) is 4.99 Å². The lowest BCUT2D eigenvalue weighted by atomic mass is 10.2. The van der Waals surface area contributed by atoms with E-state index >= 15 is 0 Å². The van der Waals surface area contributed by atoms with Gasteiger partial charge in [-0.25, -0.2) is 0 Å². The van der Waals surface area contributed by atoms with Gasteiger partial charge < -0.3 is 4.90 Å². The second-order valence-electron chi connectivity index (χ2n) is 3.57. The Labute approximate surface area is 85.3 Å². The van der Waals surface area contributed by atoms with Crippen LogP contribution in [0.2, 0.25) is 0 Å². The van der Waals surface area contributed by atoms with Gasteiger partial charge in [0, 0.05) is 23.6 Å². The van der Waals surface area contributed by atoms with Crippen LogP contribution in [0.25, 0.3) is 0 Å². The minimum absolute atomic E-state index is 0.0374. The molecule has 1 amide bonds. The molecule has 3 rings (SSSR count). The quantitative estimate of drug-likeness (QED) is 0.597. The molecule has 3 aliphatic heterocycles. The van der Waals surface area contributed by atoms with Gasteiger partial charge in [0.1, 0.15) is 0 Å². The van der Waals surface area contributed by atoms with E-state index in [9.17, 15) is 4.79 Å². The maximum atomic E-state index is 11.0. The lowest BCUT2D eigenvalue weighted by molar-refractivity contribution is -0.115. The fourth-order valence-electron chi connectivity index (χ4n) is 2.08. The largest absolute Gasteiger partial charge is 0.346 e. The van der Waals surface area contributed by atoms with Gasteiger partial charge in [0.15, 0.2) is 5.17 Å². The van der Waals surface area contributed by atoms with Gasteiger partial charge in [-0.2, -0.15) is 16.8 Å². The molecule has 13 heavy (non-hydrogen) atoms. The molecule has 3 heterocycles. The highest BCUT2D eigenvalue weighted by atomic mass is 32.2. The van der Waals surface area contributed by atoms with Crippen LogP contribution in [0.15, 0.2) is 4.99 Å². The first kappa shape index (κ1) is 8.17. The van der Waals surface area contributed by atoms with E-state index in [1.807, 2.05) is 0 Å². The lowest BCUT2D eigenvalue weighted by Crippen LogP contribution is -2.37. The third-order valence-electron chi connectivity index (χ3n) is 2.69. The van der Waals surface area contributed by atoms with Crippen LogP contribution in [0.5, 0.6) is 0 Å². The Morgan fingerprint density at radius 1 is 1.54 bits per heavy atom. The van der Waals surface area contributed by atoms with E-state index in [2.05, 4.69) is 21.7 Å². The third-order valence-corrected chi connectivity index (χ3v) is 5.06. The molecule has 0 saturated carbocycles. The fraction of sp³-hybridized carbons (Fsp3) is 0.750. The van der Waals surface area contributed by atoms with Gasteiger partial charge in [-0.1, -0.05) is 11.8 Å². The van der Waals surface area contributed by atoms with E-state index in [1.165, 1.54) is 12.2 Å². The molecule has 5 heteroatoms. The normalized spacial score (nSPS) is 37.4. The number of likely N-dealkylation sites (tertiary alicyclic amines) is 1. The van der Waals surface area contributed by atoms with Crippen molar-refractivity contribution in [1.82, 2.24) is 4.90 Å². The molecular formula is C8H10N2OS2. The molecule has 0 spiro atoms. The third kappa shape index (κ3) is 1.29. The summed E-state index contributed by atoms with van der Waals surface area (Å²) in [5.41, 5.74) is 0. The number of carbonyl (C=O) groups is 1. The van der Waals surface area contributed by atoms with Crippen molar-refractivity contribution in [1.29, 1.82) is 0 Å². The van der Waals surface area contributed by atoms with Crippen LogP contribution in [0.3, 0.4) is 0 Å². The highest BCUT2D eigenvalue weighted by Gasteiger charge is 2.41. The van der Waals surface area contributed by atoms with Crippen molar-refractivity contribution in [3.63, 3.8) is 0 Å². The van der Waals surface area contributed by atoms with E-state index in [0.717, 1.165) is 17.0 Å². The molecule has 0 aliphatic carbocycles. The highest BCUT2D eigenvalue weighted by Crippen LogP contribution is 2.39. The number of thioether (sulfide) groups is 2. The highest BCUT2D eigenvalue weighted by molar-refractivity contribution is 8.14. The fourth-order valence-corrected chi connectivity index (χ4v) is 4.39. The minimum atomic E-state index is 0.0374. The molecule has 0 N–H and O–H groups in total. The van der Waals surface area contributed by atoms with Gasteiger partial charge in [-0.15, -0.1) is 0 Å². The van der Waals surface area contributed by atoms with E-state index in [1.54, 1.807) is 11.8 Å². The van der Waals surface area contributed by atoms with Crippen LogP contribution in [-0.2, 0) is 4.79 Å². The minimum Gasteiger partial charge on any atom is -0.346 e. The Bertz CT molecular complexity index is 292. The van der Waals surface area contributed by atoms with Gasteiger partial charge >= 0.3 is 0 Å². The number of hydrogen-bond acceptors (Lipinski definition) is 4. The second kappa shape index (κ2) is 2.92. The Kier molecular flexibility index (Phi) is 1.83. The first-order chi connectivity index (χ1) is 6.33. The topological polar surface area (TPSA) is 32.7 Å². The standard InChI is InChI=1S/C8H10N2OS2/c11-7-4-13-8(9-7)10-2-6-1-5(10)3-12-6/h5-6H,1-4H2. The smallest absolute Gasteiger partial charge is 0.258 e. The van der Waals surface area contributed by atoms with E-state index in [-0.39, 0.29) is 5.91 Å². The summed E-state index contributed by atoms with van der Waals surface area (Å²) in [4.78, 5) is 17.4. The first-order valence-corrected chi connectivity index (χ1v) is 6.49. The van der Waals surface area contributed by atoms with Crippen molar-refractivity contribution in [3.8, 4) is 0 Å². The Morgan fingerprint density at radius 3 is 3.00 bits per heavy atom. The predicted octanol–water partition coefficient (Wildman–Crippen LogP) is 0.805. The molecule has 2 unspecified atom stereocenters. The SMILES string of the molecule is O=C1CSC(N2CC3CC2CS3)=N1. The molecule has 0 aromatic rings. The van der Waals surface area contributed by atoms with Gasteiger partial charge in [0.2, 0.25) is 0 Å². The summed E-state index contributed by atoms with van der Waals surface area (Å²) in [5.74, 6) is 1.81. The molecule has 0 aromatic heterocycles. The monoisotopic (exact) mass is 214 g/mol. The summed E-state index contributed by atoms with van der Waals surface area (Å²) in [6, 6.07) is 0.659. The van der Waals surface area contributed by atoms with Crippen molar-refractivity contribution in [3.05, 3.63) is 0 Å². The summed E-state index contributed by atoms with van der Waals surface area (Å²) in [7, 11) is 0. The molecule has 3 nitrogen and oxygen atoms in total. The van der Waals surface area contributed by atoms with Gasteiger partial charge in [0.05, 0.1) is 5.75 Å². The van der Waals surface area contributed by atoms with Crippen molar-refractivity contribution >= 4 is 34.6 Å². The summed E-state index contributed by atoms with van der Waals surface area (Å²) in [6.07, 6.45) is 1.29. The molecule has 2 atom stereocenters.